The van der Waals surface area contributed by atoms with Crippen molar-refractivity contribution >= 4 is 11.9 Å². The molecule has 0 heterocycles. The molecule has 2 unspecified atom stereocenters. The molecule has 0 spiro atoms. The Kier molecular flexibility index (Phi) is 5.47. The molecule has 1 aromatic carbocycles. The van der Waals surface area contributed by atoms with Crippen molar-refractivity contribution in [2.45, 2.75) is 25.0 Å². The van der Waals surface area contributed by atoms with Crippen molar-refractivity contribution in [3.8, 4) is 0 Å². The van der Waals surface area contributed by atoms with Gasteiger partial charge < -0.3 is 20.7 Å². The maximum atomic E-state index is 11.3. The predicted molar refractivity (Wildman–Crippen MR) is 66.9 cm³/mol. The lowest BCUT2D eigenvalue weighted by Gasteiger charge is -2.19. The minimum atomic E-state index is -1.31. The number of benzene rings is 1. The smallest absolute Gasteiger partial charge is 0.309 e. The fourth-order valence-corrected chi connectivity index (χ4v) is 1.74. The van der Waals surface area contributed by atoms with Gasteiger partial charge in [-0.25, -0.2) is 0 Å². The van der Waals surface area contributed by atoms with Gasteiger partial charge in [0.1, 0.15) is 6.10 Å². The Balaban J connectivity index is 2.92. The number of hydrogen-bond acceptors (Lipinski definition) is 5. The summed E-state index contributed by atoms with van der Waals surface area (Å²) < 4.78 is 4.56. The number of carbonyl (C=O) groups is 2. The van der Waals surface area contributed by atoms with Crippen LogP contribution in [0.25, 0.3) is 0 Å². The first-order chi connectivity index (χ1) is 8.95. The maximum Gasteiger partial charge on any atom is 0.309 e. The number of aliphatic hydroxyl groups excluding tert-OH is 2. The largest absolute Gasteiger partial charge is 0.469 e. The molecule has 19 heavy (non-hydrogen) atoms. The normalized spacial score (nSPS) is 13.6. The van der Waals surface area contributed by atoms with Crippen LogP contribution in [-0.4, -0.2) is 35.3 Å². The third-order valence-electron chi connectivity index (χ3n) is 2.71. The van der Waals surface area contributed by atoms with Gasteiger partial charge in [0.05, 0.1) is 26.1 Å². The first kappa shape index (κ1) is 15.1. The summed E-state index contributed by atoms with van der Waals surface area (Å²) in [6.45, 7) is 0. The molecule has 0 aromatic heterocycles. The number of ether oxygens (including phenoxy) is 1. The molecule has 0 bridgehead atoms. The Labute approximate surface area is 110 Å². The van der Waals surface area contributed by atoms with Crippen LogP contribution in [0.15, 0.2) is 24.3 Å². The van der Waals surface area contributed by atoms with Crippen molar-refractivity contribution in [1.29, 1.82) is 0 Å². The van der Waals surface area contributed by atoms with Gasteiger partial charge in [0.25, 0.3) is 0 Å². The van der Waals surface area contributed by atoms with Gasteiger partial charge in [-0.1, -0.05) is 24.3 Å². The second-order valence-electron chi connectivity index (χ2n) is 4.13. The van der Waals surface area contributed by atoms with E-state index in [1.807, 2.05) is 0 Å². The molecule has 104 valence electrons. The van der Waals surface area contributed by atoms with Gasteiger partial charge in [-0.05, 0) is 11.1 Å². The summed E-state index contributed by atoms with van der Waals surface area (Å²) >= 11 is 0. The predicted octanol–water partition coefficient (Wildman–Crippen LogP) is -0.328. The first-order valence-corrected chi connectivity index (χ1v) is 5.74. The highest BCUT2D eigenvalue weighted by molar-refractivity contribution is 5.74. The molecule has 0 saturated carbocycles. The highest BCUT2D eigenvalue weighted by Crippen LogP contribution is 2.23. The summed E-state index contributed by atoms with van der Waals surface area (Å²) in [4.78, 5) is 22.0. The maximum absolute atomic E-state index is 11.3. The van der Waals surface area contributed by atoms with E-state index >= 15 is 0 Å². The average molecular weight is 267 g/mol. The SMILES string of the molecule is COC(=O)Cc1ccccc1C(O)C(O)CC(N)=O. The third kappa shape index (κ3) is 4.35. The Bertz CT molecular complexity index is 460. The molecule has 6 heteroatoms. The number of carbonyl (C=O) groups excluding carboxylic acids is 2. The number of aliphatic hydroxyl groups is 2. The third-order valence-corrected chi connectivity index (χ3v) is 2.71. The van der Waals surface area contributed by atoms with Gasteiger partial charge in [0, 0.05) is 0 Å². The number of rotatable bonds is 6. The summed E-state index contributed by atoms with van der Waals surface area (Å²) in [6, 6.07) is 6.59. The van der Waals surface area contributed by atoms with Crippen LogP contribution >= 0.6 is 0 Å². The molecule has 0 radical (unpaired) electrons. The highest BCUT2D eigenvalue weighted by Gasteiger charge is 2.23. The van der Waals surface area contributed by atoms with E-state index in [-0.39, 0.29) is 12.8 Å². The molecular formula is C13H17NO5. The Morgan fingerprint density at radius 3 is 2.53 bits per heavy atom. The van der Waals surface area contributed by atoms with Crippen molar-refractivity contribution in [2.75, 3.05) is 7.11 Å². The molecule has 0 aliphatic heterocycles. The van der Waals surface area contributed by atoms with Gasteiger partial charge in [0.15, 0.2) is 0 Å². The van der Waals surface area contributed by atoms with E-state index in [2.05, 4.69) is 4.74 Å². The number of primary amides is 1. The molecule has 1 amide bonds. The molecule has 0 saturated heterocycles. The van der Waals surface area contributed by atoms with E-state index in [0.29, 0.717) is 11.1 Å². The van der Waals surface area contributed by atoms with Gasteiger partial charge in [-0.2, -0.15) is 0 Å². The molecule has 0 aliphatic rings. The first-order valence-electron chi connectivity index (χ1n) is 5.74. The molecule has 0 fully saturated rings. The molecule has 2 atom stereocenters. The zero-order valence-electron chi connectivity index (χ0n) is 10.6. The second-order valence-corrected chi connectivity index (χ2v) is 4.13. The summed E-state index contributed by atoms with van der Waals surface area (Å²) in [5.74, 6) is -1.17. The zero-order valence-corrected chi connectivity index (χ0v) is 10.6. The molecule has 6 nitrogen and oxygen atoms in total. The Morgan fingerprint density at radius 2 is 1.95 bits per heavy atom. The molecular weight excluding hydrogens is 250 g/mol. The van der Waals surface area contributed by atoms with E-state index in [4.69, 9.17) is 5.73 Å². The van der Waals surface area contributed by atoms with Gasteiger partial charge in [-0.3, -0.25) is 9.59 Å². The van der Waals surface area contributed by atoms with Gasteiger partial charge >= 0.3 is 5.97 Å². The summed E-state index contributed by atoms with van der Waals surface area (Å²) in [6.07, 6.45) is -2.97. The standard InChI is InChI=1S/C13H17NO5/c1-19-12(17)6-8-4-2-3-5-9(8)13(18)10(15)7-11(14)16/h2-5,10,13,15,18H,6-7H2,1H3,(H2,14,16). The van der Waals surface area contributed by atoms with Crippen LogP contribution in [0.3, 0.4) is 0 Å². The minimum absolute atomic E-state index is 0.0208. The zero-order chi connectivity index (χ0) is 14.4. The Morgan fingerprint density at radius 1 is 1.32 bits per heavy atom. The van der Waals surface area contributed by atoms with Crippen LogP contribution in [0.5, 0.6) is 0 Å². The minimum Gasteiger partial charge on any atom is -0.469 e. The quantitative estimate of drug-likeness (QED) is 0.611. The lowest BCUT2D eigenvalue weighted by atomic mass is 9.95. The van der Waals surface area contributed by atoms with Crippen molar-refractivity contribution < 1.29 is 24.5 Å². The van der Waals surface area contributed by atoms with E-state index in [1.54, 1.807) is 24.3 Å². The van der Waals surface area contributed by atoms with Crippen LogP contribution in [0.4, 0.5) is 0 Å². The van der Waals surface area contributed by atoms with Crippen molar-refractivity contribution in [3.05, 3.63) is 35.4 Å². The fourth-order valence-electron chi connectivity index (χ4n) is 1.74. The monoisotopic (exact) mass is 267 g/mol. The molecule has 1 aromatic rings. The fraction of sp³-hybridized carbons (Fsp3) is 0.385. The van der Waals surface area contributed by atoms with E-state index < -0.39 is 24.1 Å². The number of methoxy groups -OCH3 is 1. The lowest BCUT2D eigenvalue weighted by Crippen LogP contribution is -2.26. The van der Waals surface area contributed by atoms with Crippen LogP contribution in [0, 0.1) is 0 Å². The molecule has 4 N–H and O–H groups in total. The summed E-state index contributed by atoms with van der Waals surface area (Å²) in [5, 5.41) is 19.7. The van der Waals surface area contributed by atoms with Crippen LogP contribution in [0.2, 0.25) is 0 Å². The van der Waals surface area contributed by atoms with Crippen molar-refractivity contribution in [1.82, 2.24) is 0 Å². The van der Waals surface area contributed by atoms with Crippen molar-refractivity contribution in [3.63, 3.8) is 0 Å². The van der Waals surface area contributed by atoms with E-state index in [9.17, 15) is 19.8 Å². The average Bonchev–Trinajstić information content (AvgIpc) is 2.37. The highest BCUT2D eigenvalue weighted by atomic mass is 16.5. The number of nitrogens with two attached hydrogens (primary N) is 1. The number of esters is 1. The number of hydrogen-bond donors (Lipinski definition) is 3. The van der Waals surface area contributed by atoms with E-state index in [0.717, 1.165) is 0 Å². The summed E-state index contributed by atoms with van der Waals surface area (Å²) in [5.41, 5.74) is 5.87. The second kappa shape index (κ2) is 6.86. The number of amides is 1. The molecule has 0 aliphatic carbocycles. The van der Waals surface area contributed by atoms with E-state index in [1.165, 1.54) is 7.11 Å². The van der Waals surface area contributed by atoms with Crippen LogP contribution in [0.1, 0.15) is 23.7 Å². The van der Waals surface area contributed by atoms with Gasteiger partial charge in [0.2, 0.25) is 5.91 Å². The van der Waals surface area contributed by atoms with Crippen LogP contribution in [-0.2, 0) is 20.7 Å². The van der Waals surface area contributed by atoms with Crippen LogP contribution < -0.4 is 5.73 Å². The van der Waals surface area contributed by atoms with Gasteiger partial charge in [-0.15, -0.1) is 0 Å². The lowest BCUT2D eigenvalue weighted by molar-refractivity contribution is -0.139. The molecule has 1 rings (SSSR count). The summed E-state index contributed by atoms with van der Waals surface area (Å²) in [7, 11) is 1.27. The van der Waals surface area contributed by atoms with Crippen molar-refractivity contribution in [2.24, 2.45) is 5.73 Å². The topological polar surface area (TPSA) is 110 Å². The Hall–Kier alpha value is -1.92.